The monoisotopic (exact) mass is 494 g/mol. The van der Waals surface area contributed by atoms with Crippen LogP contribution in [0.25, 0.3) is 16.5 Å². The van der Waals surface area contributed by atoms with Gasteiger partial charge in [0.2, 0.25) is 5.91 Å². The highest BCUT2D eigenvalue weighted by Gasteiger charge is 2.13. The SMILES string of the molecule is CCCC(CCC)n1ccc2cc(C(C)=CC(=O)Nc3ccc(F)cc3OCCCC(=O)O)ccc21. The lowest BCUT2D eigenvalue weighted by Gasteiger charge is -2.19. The molecule has 2 aromatic carbocycles. The van der Waals surface area contributed by atoms with Crippen molar-refractivity contribution < 1.29 is 23.8 Å². The average molecular weight is 495 g/mol. The Hall–Kier alpha value is -3.61. The molecule has 192 valence electrons. The molecule has 0 fully saturated rings. The van der Waals surface area contributed by atoms with Crippen molar-refractivity contribution in [2.45, 2.75) is 65.3 Å². The quantitative estimate of drug-likeness (QED) is 0.194. The molecular weight excluding hydrogens is 459 g/mol. The van der Waals surface area contributed by atoms with E-state index in [1.807, 2.05) is 13.0 Å². The van der Waals surface area contributed by atoms with E-state index in [1.165, 1.54) is 29.8 Å². The third-order valence-corrected chi connectivity index (χ3v) is 6.15. The second-order valence-corrected chi connectivity index (χ2v) is 9.03. The second kappa shape index (κ2) is 12.9. The number of hydrogen-bond donors (Lipinski definition) is 2. The van der Waals surface area contributed by atoms with Crippen molar-refractivity contribution in [2.75, 3.05) is 11.9 Å². The molecule has 3 rings (SSSR count). The van der Waals surface area contributed by atoms with Crippen LogP contribution in [0, 0.1) is 5.82 Å². The van der Waals surface area contributed by atoms with Crippen LogP contribution in [0.4, 0.5) is 10.1 Å². The van der Waals surface area contributed by atoms with Gasteiger partial charge in [0.1, 0.15) is 11.6 Å². The largest absolute Gasteiger partial charge is 0.491 e. The number of amides is 1. The first kappa shape index (κ1) is 27.0. The molecular formula is C29H35FN2O4. The van der Waals surface area contributed by atoms with Crippen LogP contribution >= 0.6 is 0 Å². The summed E-state index contributed by atoms with van der Waals surface area (Å²) in [5.41, 5.74) is 3.26. The smallest absolute Gasteiger partial charge is 0.303 e. The van der Waals surface area contributed by atoms with Crippen molar-refractivity contribution >= 4 is 34.0 Å². The fourth-order valence-corrected chi connectivity index (χ4v) is 4.39. The predicted molar refractivity (Wildman–Crippen MR) is 142 cm³/mol. The number of rotatable bonds is 13. The van der Waals surface area contributed by atoms with Crippen LogP contribution in [-0.4, -0.2) is 28.2 Å². The second-order valence-electron chi connectivity index (χ2n) is 9.03. The Bertz CT molecular complexity index is 1230. The van der Waals surface area contributed by atoms with Crippen LogP contribution in [-0.2, 0) is 9.59 Å². The fraction of sp³-hybridized carbons (Fsp3) is 0.379. The molecule has 0 aliphatic carbocycles. The Morgan fingerprint density at radius 3 is 2.56 bits per heavy atom. The number of allylic oxidation sites excluding steroid dienone is 1. The van der Waals surface area contributed by atoms with Gasteiger partial charge in [-0.15, -0.1) is 0 Å². The maximum absolute atomic E-state index is 13.7. The molecule has 0 saturated heterocycles. The Kier molecular flexibility index (Phi) is 9.68. The number of carboxylic acids is 1. The summed E-state index contributed by atoms with van der Waals surface area (Å²) in [5.74, 6) is -1.63. The van der Waals surface area contributed by atoms with E-state index in [2.05, 4.69) is 48.1 Å². The number of fused-ring (bicyclic) bond motifs is 1. The molecule has 1 amide bonds. The molecule has 2 N–H and O–H groups in total. The van der Waals surface area contributed by atoms with Crippen molar-refractivity contribution in [3.63, 3.8) is 0 Å². The molecule has 0 spiro atoms. The molecule has 0 unspecified atom stereocenters. The number of nitrogens with one attached hydrogen (secondary N) is 1. The summed E-state index contributed by atoms with van der Waals surface area (Å²) in [6.07, 6.45) is 8.46. The zero-order chi connectivity index (χ0) is 26.1. The average Bonchev–Trinajstić information content (AvgIpc) is 3.26. The number of aromatic nitrogens is 1. The number of benzene rings is 2. The van der Waals surface area contributed by atoms with E-state index in [4.69, 9.17) is 9.84 Å². The van der Waals surface area contributed by atoms with Crippen LogP contribution < -0.4 is 10.1 Å². The molecule has 0 bridgehead atoms. The third-order valence-electron chi connectivity index (χ3n) is 6.15. The number of nitrogens with zero attached hydrogens (tertiary/aromatic N) is 1. The molecule has 0 saturated carbocycles. The molecule has 0 aliphatic rings. The number of ether oxygens (including phenoxy) is 1. The summed E-state index contributed by atoms with van der Waals surface area (Å²) in [4.78, 5) is 23.4. The summed E-state index contributed by atoms with van der Waals surface area (Å²) >= 11 is 0. The van der Waals surface area contributed by atoms with Crippen molar-refractivity contribution in [2.24, 2.45) is 0 Å². The summed E-state index contributed by atoms with van der Waals surface area (Å²) in [6, 6.07) is 12.7. The van der Waals surface area contributed by atoms with Gasteiger partial charge in [0.25, 0.3) is 0 Å². The van der Waals surface area contributed by atoms with Gasteiger partial charge < -0.3 is 19.7 Å². The lowest BCUT2D eigenvalue weighted by molar-refractivity contribution is -0.137. The highest BCUT2D eigenvalue weighted by atomic mass is 19.1. The first-order valence-corrected chi connectivity index (χ1v) is 12.6. The highest BCUT2D eigenvalue weighted by Crippen LogP contribution is 2.29. The van der Waals surface area contributed by atoms with Crippen LogP contribution in [0.3, 0.4) is 0 Å². The third kappa shape index (κ3) is 7.20. The number of anilines is 1. The highest BCUT2D eigenvalue weighted by molar-refractivity contribution is 6.04. The number of aliphatic carboxylic acids is 1. The van der Waals surface area contributed by atoms with Crippen molar-refractivity contribution in [3.05, 3.63) is 66.1 Å². The Labute approximate surface area is 211 Å². The van der Waals surface area contributed by atoms with E-state index >= 15 is 0 Å². The summed E-state index contributed by atoms with van der Waals surface area (Å²) in [7, 11) is 0. The Morgan fingerprint density at radius 2 is 1.86 bits per heavy atom. The van der Waals surface area contributed by atoms with Gasteiger partial charge >= 0.3 is 5.97 Å². The van der Waals surface area contributed by atoms with E-state index < -0.39 is 11.8 Å². The van der Waals surface area contributed by atoms with Gasteiger partial charge in [-0.3, -0.25) is 9.59 Å². The zero-order valence-electron chi connectivity index (χ0n) is 21.2. The standard InChI is InChI=1S/C29H35FN2O4/c1-4-7-24(8-5-2)32-15-14-22-18-21(10-13-26(22)32)20(3)17-28(33)31-25-12-11-23(30)19-27(25)36-16-6-9-29(34)35/h10-15,17-19,24H,4-9,16H2,1-3H3,(H,31,33)(H,34,35). The molecule has 0 atom stereocenters. The molecule has 3 aromatic rings. The zero-order valence-corrected chi connectivity index (χ0v) is 21.2. The Morgan fingerprint density at radius 1 is 1.11 bits per heavy atom. The van der Waals surface area contributed by atoms with Crippen molar-refractivity contribution in [3.8, 4) is 5.75 Å². The van der Waals surface area contributed by atoms with Gasteiger partial charge in [0, 0.05) is 41.7 Å². The van der Waals surface area contributed by atoms with Gasteiger partial charge in [-0.1, -0.05) is 32.8 Å². The predicted octanol–water partition coefficient (Wildman–Crippen LogP) is 7.21. The number of carbonyl (C=O) groups excluding carboxylic acids is 1. The van der Waals surface area contributed by atoms with Gasteiger partial charge in [-0.05, 0) is 67.7 Å². The fourth-order valence-electron chi connectivity index (χ4n) is 4.39. The van der Waals surface area contributed by atoms with Crippen molar-refractivity contribution in [1.29, 1.82) is 0 Å². The minimum atomic E-state index is -0.927. The van der Waals surface area contributed by atoms with Gasteiger partial charge in [-0.2, -0.15) is 0 Å². The number of halogens is 1. The molecule has 1 aromatic heterocycles. The molecule has 0 aliphatic heterocycles. The maximum Gasteiger partial charge on any atom is 0.303 e. The van der Waals surface area contributed by atoms with Gasteiger partial charge in [0.05, 0.1) is 12.3 Å². The number of hydrogen-bond acceptors (Lipinski definition) is 3. The first-order valence-electron chi connectivity index (χ1n) is 12.6. The number of carbonyl (C=O) groups is 2. The molecule has 1 heterocycles. The van der Waals surface area contributed by atoms with E-state index in [1.54, 1.807) is 0 Å². The van der Waals surface area contributed by atoms with E-state index in [0.29, 0.717) is 11.7 Å². The van der Waals surface area contributed by atoms with Gasteiger partial charge in [-0.25, -0.2) is 4.39 Å². The van der Waals surface area contributed by atoms with E-state index in [-0.39, 0.29) is 31.1 Å². The van der Waals surface area contributed by atoms with Crippen LogP contribution in [0.15, 0.2) is 54.7 Å². The molecule has 36 heavy (non-hydrogen) atoms. The minimum absolute atomic E-state index is 0.0511. The minimum Gasteiger partial charge on any atom is -0.491 e. The summed E-state index contributed by atoms with van der Waals surface area (Å²) < 4.78 is 21.6. The first-order chi connectivity index (χ1) is 17.3. The lowest BCUT2D eigenvalue weighted by Crippen LogP contribution is -2.11. The Balaban J connectivity index is 1.73. The topological polar surface area (TPSA) is 80.6 Å². The molecule has 6 nitrogen and oxygen atoms in total. The lowest BCUT2D eigenvalue weighted by atomic mass is 10.0. The molecule has 0 radical (unpaired) electrons. The van der Waals surface area contributed by atoms with E-state index in [9.17, 15) is 14.0 Å². The summed E-state index contributed by atoms with van der Waals surface area (Å²) in [6.45, 7) is 6.41. The normalized spacial score (nSPS) is 11.8. The van der Waals surface area contributed by atoms with Gasteiger partial charge in [0.15, 0.2) is 0 Å². The van der Waals surface area contributed by atoms with Crippen LogP contribution in [0.2, 0.25) is 0 Å². The summed E-state index contributed by atoms with van der Waals surface area (Å²) in [5, 5.41) is 12.6. The van der Waals surface area contributed by atoms with Crippen LogP contribution in [0.5, 0.6) is 5.75 Å². The molecule has 7 heteroatoms. The number of carboxylic acid groups (broad SMARTS) is 1. The van der Waals surface area contributed by atoms with Crippen molar-refractivity contribution in [1.82, 2.24) is 4.57 Å². The van der Waals surface area contributed by atoms with E-state index in [0.717, 1.165) is 42.2 Å². The maximum atomic E-state index is 13.7. The van der Waals surface area contributed by atoms with Crippen LogP contribution in [0.1, 0.15) is 70.9 Å².